The van der Waals surface area contributed by atoms with Gasteiger partial charge < -0.3 is 10.3 Å². The van der Waals surface area contributed by atoms with Crippen molar-refractivity contribution in [3.63, 3.8) is 0 Å². The van der Waals surface area contributed by atoms with E-state index in [0.29, 0.717) is 56.0 Å². The molecule has 0 saturated heterocycles. The summed E-state index contributed by atoms with van der Waals surface area (Å²) in [6, 6.07) is 8.96. The number of halogens is 3. The number of benzene rings is 2. The van der Waals surface area contributed by atoms with E-state index < -0.39 is 17.5 Å². The van der Waals surface area contributed by atoms with Crippen LogP contribution < -0.4 is 5.73 Å². The molecule has 5 nitrogen and oxygen atoms in total. The average Bonchev–Trinajstić information content (AvgIpc) is 3.12. The van der Waals surface area contributed by atoms with Crippen LogP contribution >= 0.6 is 0 Å². The van der Waals surface area contributed by atoms with Gasteiger partial charge in [-0.25, -0.2) is 23.1 Å². The number of nitrogen functional groups attached to an aromatic ring is 1. The fourth-order valence-electron chi connectivity index (χ4n) is 4.71. The molecule has 34 heavy (non-hydrogen) atoms. The Kier molecular flexibility index (Phi) is 4.76. The Morgan fingerprint density at radius 1 is 0.941 bits per heavy atom. The van der Waals surface area contributed by atoms with E-state index in [-0.39, 0.29) is 6.42 Å². The molecule has 0 unspecified atom stereocenters. The summed E-state index contributed by atoms with van der Waals surface area (Å²) in [6.07, 6.45) is 8.31. The van der Waals surface area contributed by atoms with Crippen LogP contribution in [-0.4, -0.2) is 19.5 Å². The van der Waals surface area contributed by atoms with Crippen molar-refractivity contribution in [3.05, 3.63) is 83.8 Å². The lowest BCUT2D eigenvalue weighted by molar-refractivity contribution is 0.320. The third kappa shape index (κ3) is 3.37. The number of pyridine rings is 1. The van der Waals surface area contributed by atoms with Crippen molar-refractivity contribution < 1.29 is 13.2 Å². The summed E-state index contributed by atoms with van der Waals surface area (Å²) in [5.74, 6) is -1.38. The Morgan fingerprint density at radius 2 is 1.74 bits per heavy atom. The Bertz CT molecular complexity index is 1550. The Labute approximate surface area is 193 Å². The molecule has 0 atom stereocenters. The molecule has 1 aliphatic carbocycles. The smallest absolute Gasteiger partial charge is 0.146 e. The number of hydrogen-bond donors (Lipinski definition) is 1. The molecule has 2 aromatic carbocycles. The molecule has 6 rings (SSSR count). The quantitative estimate of drug-likeness (QED) is 0.360. The predicted molar refractivity (Wildman–Crippen MR) is 125 cm³/mol. The third-order valence-electron chi connectivity index (χ3n) is 6.60. The number of anilines is 1. The van der Waals surface area contributed by atoms with Crippen LogP contribution in [0.4, 0.5) is 19.0 Å². The van der Waals surface area contributed by atoms with Crippen molar-refractivity contribution in [3.8, 4) is 11.1 Å². The Hall–Kier alpha value is -3.94. The first-order valence-electron chi connectivity index (χ1n) is 11.1. The second-order valence-electron chi connectivity index (χ2n) is 8.77. The van der Waals surface area contributed by atoms with Crippen molar-refractivity contribution >= 4 is 27.6 Å². The molecule has 3 heterocycles. The highest BCUT2D eigenvalue weighted by Crippen LogP contribution is 2.41. The molecule has 1 saturated carbocycles. The summed E-state index contributed by atoms with van der Waals surface area (Å²) in [5, 5.41) is 1.65. The summed E-state index contributed by atoms with van der Waals surface area (Å²) < 4.78 is 44.9. The second-order valence-corrected chi connectivity index (χ2v) is 8.77. The van der Waals surface area contributed by atoms with Gasteiger partial charge in [-0.3, -0.25) is 4.98 Å². The molecule has 2 N–H and O–H groups in total. The molecule has 0 aliphatic heterocycles. The molecule has 5 aromatic rings. The first-order chi connectivity index (χ1) is 16.5. The van der Waals surface area contributed by atoms with Gasteiger partial charge >= 0.3 is 0 Å². The van der Waals surface area contributed by atoms with Crippen molar-refractivity contribution in [1.29, 1.82) is 0 Å². The van der Waals surface area contributed by atoms with E-state index in [1.165, 1.54) is 24.7 Å². The van der Waals surface area contributed by atoms with Crippen LogP contribution in [0.2, 0.25) is 0 Å². The number of fused-ring (bicyclic) bond motifs is 2. The summed E-state index contributed by atoms with van der Waals surface area (Å²) in [6.45, 7) is 0. The average molecular weight is 459 g/mol. The van der Waals surface area contributed by atoms with E-state index in [1.54, 1.807) is 12.1 Å². The second kappa shape index (κ2) is 7.83. The molecule has 1 fully saturated rings. The van der Waals surface area contributed by atoms with Gasteiger partial charge in [0.1, 0.15) is 35.2 Å². The van der Waals surface area contributed by atoms with Gasteiger partial charge in [-0.2, -0.15) is 0 Å². The zero-order valence-corrected chi connectivity index (χ0v) is 18.1. The van der Waals surface area contributed by atoms with E-state index in [0.717, 1.165) is 25.3 Å². The van der Waals surface area contributed by atoms with Crippen LogP contribution in [0.3, 0.4) is 0 Å². The highest BCUT2D eigenvalue weighted by molar-refractivity contribution is 6.02. The monoisotopic (exact) mass is 459 g/mol. The molecule has 0 spiro atoms. The lowest BCUT2D eigenvalue weighted by Gasteiger charge is -2.27. The standard InChI is InChI=1S/C26H20F3N5/c27-16-6-14(7-17(28)10-16)8-18-9-15-4-5-20(24(29)21(15)11-31-18)22-12-34(19-2-1-3-19)26-23(22)25(30)32-13-33-26/h4-7,9-13,19H,1-3,8H2,(H2,30,32,33). The van der Waals surface area contributed by atoms with Gasteiger partial charge in [0.15, 0.2) is 0 Å². The molecule has 1 aliphatic rings. The maximum absolute atomic E-state index is 15.8. The van der Waals surface area contributed by atoms with Gasteiger partial charge in [0.2, 0.25) is 0 Å². The fraction of sp³-hybridized carbons (Fsp3) is 0.192. The fourth-order valence-corrected chi connectivity index (χ4v) is 4.71. The van der Waals surface area contributed by atoms with Gasteiger partial charge in [0.05, 0.1) is 5.39 Å². The van der Waals surface area contributed by atoms with Crippen LogP contribution in [0, 0.1) is 17.5 Å². The molecular formula is C26H20F3N5. The van der Waals surface area contributed by atoms with Gasteiger partial charge in [-0.1, -0.05) is 12.1 Å². The van der Waals surface area contributed by atoms with E-state index in [4.69, 9.17) is 5.73 Å². The SMILES string of the molecule is Nc1ncnc2c1c(-c1ccc3cc(Cc4cc(F)cc(F)c4)ncc3c1F)cn2C1CCC1. The maximum Gasteiger partial charge on any atom is 0.146 e. The lowest BCUT2D eigenvalue weighted by atomic mass is 9.93. The van der Waals surface area contributed by atoms with E-state index in [2.05, 4.69) is 19.5 Å². The molecule has 170 valence electrons. The summed E-state index contributed by atoms with van der Waals surface area (Å²) >= 11 is 0. The normalized spacial score (nSPS) is 14.1. The van der Waals surface area contributed by atoms with Crippen LogP contribution in [0.25, 0.3) is 32.9 Å². The van der Waals surface area contributed by atoms with Crippen LogP contribution in [0.5, 0.6) is 0 Å². The summed E-state index contributed by atoms with van der Waals surface area (Å²) in [5.41, 5.74) is 9.00. The Balaban J connectivity index is 1.44. The molecule has 8 heteroatoms. The maximum atomic E-state index is 15.8. The summed E-state index contributed by atoms with van der Waals surface area (Å²) in [4.78, 5) is 12.9. The number of hydrogen-bond acceptors (Lipinski definition) is 4. The first kappa shape index (κ1) is 20.7. The molecule has 3 aromatic heterocycles. The molecule has 0 radical (unpaired) electrons. The Morgan fingerprint density at radius 3 is 2.47 bits per heavy atom. The van der Waals surface area contributed by atoms with Gasteiger partial charge in [0, 0.05) is 53.1 Å². The van der Waals surface area contributed by atoms with Gasteiger partial charge in [-0.05, 0) is 48.4 Å². The number of rotatable bonds is 4. The minimum atomic E-state index is -0.643. The van der Waals surface area contributed by atoms with Crippen LogP contribution in [0.1, 0.15) is 36.6 Å². The lowest BCUT2D eigenvalue weighted by Crippen LogP contribution is -2.16. The highest BCUT2D eigenvalue weighted by Gasteiger charge is 2.25. The van der Waals surface area contributed by atoms with Crippen molar-refractivity contribution in [1.82, 2.24) is 19.5 Å². The van der Waals surface area contributed by atoms with Crippen molar-refractivity contribution in [2.24, 2.45) is 0 Å². The number of nitrogens with two attached hydrogens (primary N) is 1. The highest BCUT2D eigenvalue weighted by atomic mass is 19.1. The molecule has 0 bridgehead atoms. The van der Waals surface area contributed by atoms with E-state index in [9.17, 15) is 8.78 Å². The van der Waals surface area contributed by atoms with Crippen molar-refractivity contribution in [2.75, 3.05) is 5.73 Å². The van der Waals surface area contributed by atoms with Gasteiger partial charge in [-0.15, -0.1) is 0 Å². The molecular weight excluding hydrogens is 439 g/mol. The van der Waals surface area contributed by atoms with E-state index in [1.807, 2.05) is 12.3 Å². The zero-order valence-electron chi connectivity index (χ0n) is 18.1. The third-order valence-corrected chi connectivity index (χ3v) is 6.60. The first-order valence-corrected chi connectivity index (χ1v) is 11.1. The number of nitrogens with zero attached hydrogens (tertiary/aromatic N) is 4. The van der Waals surface area contributed by atoms with E-state index >= 15 is 4.39 Å². The van der Waals surface area contributed by atoms with Crippen molar-refractivity contribution in [2.45, 2.75) is 31.7 Å². The minimum absolute atomic E-state index is 0.233. The zero-order chi connectivity index (χ0) is 23.4. The van der Waals surface area contributed by atoms with Crippen LogP contribution in [-0.2, 0) is 6.42 Å². The van der Waals surface area contributed by atoms with Crippen LogP contribution in [0.15, 0.2) is 55.1 Å². The summed E-state index contributed by atoms with van der Waals surface area (Å²) in [7, 11) is 0. The van der Waals surface area contributed by atoms with Gasteiger partial charge in [0.25, 0.3) is 0 Å². The predicted octanol–water partition coefficient (Wildman–Crippen LogP) is 5.96. The number of aromatic nitrogens is 4. The largest absolute Gasteiger partial charge is 0.383 e. The molecule has 0 amide bonds. The minimum Gasteiger partial charge on any atom is -0.383 e. The topological polar surface area (TPSA) is 69.6 Å².